The molecule has 3 nitrogen and oxygen atoms in total. The molecular formula is C16H25NO2. The normalized spacial score (nSPS) is 24.6. The summed E-state index contributed by atoms with van der Waals surface area (Å²) in [6, 6.07) is 9.26. The fourth-order valence-electron chi connectivity index (χ4n) is 2.93. The summed E-state index contributed by atoms with van der Waals surface area (Å²) in [5.41, 5.74) is 2.68. The Balaban J connectivity index is 2.06. The molecule has 0 aliphatic carbocycles. The van der Waals surface area contributed by atoms with Crippen molar-refractivity contribution < 1.29 is 9.47 Å². The Labute approximate surface area is 116 Å². The number of nitrogens with one attached hydrogen (secondary N) is 1. The highest BCUT2D eigenvalue weighted by Crippen LogP contribution is 2.33. The first-order valence-electron chi connectivity index (χ1n) is 7.13. The molecule has 1 N–H and O–H groups in total. The third-order valence-electron chi connectivity index (χ3n) is 4.11. The number of hydrogen-bond donors (Lipinski definition) is 1. The molecule has 0 saturated carbocycles. The van der Waals surface area contributed by atoms with E-state index in [1.165, 1.54) is 11.1 Å². The summed E-state index contributed by atoms with van der Waals surface area (Å²) in [6.45, 7) is 3.84. The Bertz CT molecular complexity index is 377. The van der Waals surface area contributed by atoms with E-state index in [2.05, 4.69) is 36.5 Å². The third kappa shape index (κ3) is 3.56. The van der Waals surface area contributed by atoms with Crippen molar-refractivity contribution in [2.24, 2.45) is 5.92 Å². The molecule has 0 amide bonds. The van der Waals surface area contributed by atoms with Crippen LogP contribution in [-0.2, 0) is 15.9 Å². The molecule has 0 spiro atoms. The SMILES string of the molecule is CNC(c1ccc(CCOC)cc1)C1CCOC1C. The van der Waals surface area contributed by atoms with Gasteiger partial charge in [-0.2, -0.15) is 0 Å². The smallest absolute Gasteiger partial charge is 0.0594 e. The van der Waals surface area contributed by atoms with E-state index in [0.717, 1.165) is 26.1 Å². The van der Waals surface area contributed by atoms with Gasteiger partial charge in [-0.25, -0.2) is 0 Å². The summed E-state index contributed by atoms with van der Waals surface area (Å²) in [5, 5.41) is 3.45. The van der Waals surface area contributed by atoms with Crippen LogP contribution in [0, 0.1) is 5.92 Å². The van der Waals surface area contributed by atoms with Crippen LogP contribution >= 0.6 is 0 Å². The zero-order chi connectivity index (χ0) is 13.7. The van der Waals surface area contributed by atoms with Crippen molar-refractivity contribution in [2.45, 2.75) is 31.9 Å². The largest absolute Gasteiger partial charge is 0.384 e. The molecule has 1 aliphatic rings. The van der Waals surface area contributed by atoms with Gasteiger partial charge in [0, 0.05) is 25.7 Å². The third-order valence-corrected chi connectivity index (χ3v) is 4.11. The van der Waals surface area contributed by atoms with Crippen LogP contribution in [0.4, 0.5) is 0 Å². The van der Waals surface area contributed by atoms with Crippen molar-refractivity contribution >= 4 is 0 Å². The Morgan fingerprint density at radius 2 is 2.11 bits per heavy atom. The second-order valence-corrected chi connectivity index (χ2v) is 5.28. The average Bonchev–Trinajstić information content (AvgIpc) is 2.85. The van der Waals surface area contributed by atoms with Crippen LogP contribution in [0.25, 0.3) is 0 Å². The van der Waals surface area contributed by atoms with Gasteiger partial charge in [0.1, 0.15) is 0 Å². The number of benzene rings is 1. The molecule has 3 unspecified atom stereocenters. The summed E-state index contributed by atoms with van der Waals surface area (Å²) < 4.78 is 10.8. The standard InChI is InChI=1S/C16H25NO2/c1-12-15(9-11-19-12)16(17-2)14-6-4-13(5-7-14)8-10-18-3/h4-7,12,15-17H,8-11H2,1-3H3. The van der Waals surface area contributed by atoms with E-state index in [4.69, 9.17) is 9.47 Å². The molecule has 2 rings (SSSR count). The molecule has 1 saturated heterocycles. The molecular weight excluding hydrogens is 238 g/mol. The lowest BCUT2D eigenvalue weighted by Gasteiger charge is -2.26. The molecule has 1 aromatic carbocycles. The number of hydrogen-bond acceptors (Lipinski definition) is 3. The minimum absolute atomic E-state index is 0.339. The Hall–Kier alpha value is -0.900. The Morgan fingerprint density at radius 3 is 2.63 bits per heavy atom. The fraction of sp³-hybridized carbons (Fsp3) is 0.625. The maximum absolute atomic E-state index is 5.69. The minimum Gasteiger partial charge on any atom is -0.384 e. The van der Waals surface area contributed by atoms with Gasteiger partial charge in [0.15, 0.2) is 0 Å². The zero-order valence-corrected chi connectivity index (χ0v) is 12.2. The van der Waals surface area contributed by atoms with Crippen LogP contribution in [0.3, 0.4) is 0 Å². The monoisotopic (exact) mass is 263 g/mol. The lowest BCUT2D eigenvalue weighted by atomic mass is 9.88. The molecule has 19 heavy (non-hydrogen) atoms. The van der Waals surface area contributed by atoms with Crippen molar-refractivity contribution in [3.05, 3.63) is 35.4 Å². The van der Waals surface area contributed by atoms with Gasteiger partial charge in [-0.1, -0.05) is 24.3 Å². The van der Waals surface area contributed by atoms with Crippen molar-refractivity contribution in [3.8, 4) is 0 Å². The maximum Gasteiger partial charge on any atom is 0.0594 e. The molecule has 0 bridgehead atoms. The predicted molar refractivity (Wildman–Crippen MR) is 77.3 cm³/mol. The van der Waals surface area contributed by atoms with E-state index in [1.807, 2.05) is 7.05 Å². The number of rotatable bonds is 6. The second-order valence-electron chi connectivity index (χ2n) is 5.28. The van der Waals surface area contributed by atoms with Gasteiger partial charge >= 0.3 is 0 Å². The van der Waals surface area contributed by atoms with Gasteiger partial charge < -0.3 is 14.8 Å². The zero-order valence-electron chi connectivity index (χ0n) is 12.2. The highest BCUT2D eigenvalue weighted by molar-refractivity contribution is 5.26. The van der Waals surface area contributed by atoms with E-state index in [1.54, 1.807) is 7.11 Å². The van der Waals surface area contributed by atoms with Gasteiger partial charge in [-0.15, -0.1) is 0 Å². The summed E-state index contributed by atoms with van der Waals surface area (Å²) >= 11 is 0. The van der Waals surface area contributed by atoms with Gasteiger partial charge in [-0.3, -0.25) is 0 Å². The topological polar surface area (TPSA) is 30.5 Å². The molecule has 0 radical (unpaired) electrons. The van der Waals surface area contributed by atoms with Gasteiger partial charge in [0.05, 0.1) is 12.7 Å². The summed E-state index contributed by atoms with van der Waals surface area (Å²) in [7, 11) is 3.78. The van der Waals surface area contributed by atoms with Crippen molar-refractivity contribution in [3.63, 3.8) is 0 Å². The predicted octanol–water partition coefficient (Wildman–Crippen LogP) is 2.56. The van der Waals surface area contributed by atoms with Gasteiger partial charge in [0.2, 0.25) is 0 Å². The molecule has 1 aromatic rings. The lowest BCUT2D eigenvalue weighted by Crippen LogP contribution is -2.29. The van der Waals surface area contributed by atoms with E-state index in [9.17, 15) is 0 Å². The van der Waals surface area contributed by atoms with Gasteiger partial charge in [-0.05, 0) is 37.9 Å². The molecule has 0 aromatic heterocycles. The molecule has 3 atom stereocenters. The molecule has 106 valence electrons. The Kier molecular flexibility index (Phi) is 5.37. The first kappa shape index (κ1) is 14.5. The highest BCUT2D eigenvalue weighted by atomic mass is 16.5. The molecule has 3 heteroatoms. The highest BCUT2D eigenvalue weighted by Gasteiger charge is 2.31. The molecule has 1 aliphatic heterocycles. The quantitative estimate of drug-likeness (QED) is 0.855. The second kappa shape index (κ2) is 7.04. The summed E-state index contributed by atoms with van der Waals surface area (Å²) in [6.07, 6.45) is 2.45. The first-order valence-corrected chi connectivity index (χ1v) is 7.13. The maximum atomic E-state index is 5.69. The van der Waals surface area contributed by atoms with E-state index >= 15 is 0 Å². The first-order chi connectivity index (χ1) is 9.26. The summed E-state index contributed by atoms with van der Waals surface area (Å²) in [5.74, 6) is 0.565. The van der Waals surface area contributed by atoms with Crippen LogP contribution in [0.2, 0.25) is 0 Å². The summed E-state index contributed by atoms with van der Waals surface area (Å²) in [4.78, 5) is 0. The van der Waals surface area contributed by atoms with Crippen molar-refractivity contribution in [2.75, 3.05) is 27.4 Å². The Morgan fingerprint density at radius 1 is 1.37 bits per heavy atom. The van der Waals surface area contributed by atoms with Crippen molar-refractivity contribution in [1.29, 1.82) is 0 Å². The fourth-order valence-corrected chi connectivity index (χ4v) is 2.93. The van der Waals surface area contributed by atoms with Crippen LogP contribution in [0.5, 0.6) is 0 Å². The van der Waals surface area contributed by atoms with Gasteiger partial charge in [0.25, 0.3) is 0 Å². The van der Waals surface area contributed by atoms with Crippen LogP contribution in [0.15, 0.2) is 24.3 Å². The lowest BCUT2D eigenvalue weighted by molar-refractivity contribution is 0.0963. The molecule has 1 heterocycles. The minimum atomic E-state index is 0.339. The van der Waals surface area contributed by atoms with E-state index in [-0.39, 0.29) is 0 Å². The average molecular weight is 263 g/mol. The van der Waals surface area contributed by atoms with E-state index < -0.39 is 0 Å². The van der Waals surface area contributed by atoms with Crippen LogP contribution in [-0.4, -0.2) is 33.5 Å². The van der Waals surface area contributed by atoms with E-state index in [0.29, 0.717) is 18.1 Å². The van der Waals surface area contributed by atoms with Crippen LogP contribution in [0.1, 0.15) is 30.5 Å². The number of methoxy groups -OCH3 is 1. The number of ether oxygens (including phenoxy) is 2. The van der Waals surface area contributed by atoms with Crippen molar-refractivity contribution in [1.82, 2.24) is 5.32 Å². The van der Waals surface area contributed by atoms with Crippen LogP contribution < -0.4 is 5.32 Å². The molecule has 1 fully saturated rings.